The largest absolute Gasteiger partial charge is 0.453 e. The summed E-state index contributed by atoms with van der Waals surface area (Å²) in [5.74, 6) is -0.211. The summed E-state index contributed by atoms with van der Waals surface area (Å²) in [6, 6.07) is 16.9. The van der Waals surface area contributed by atoms with Gasteiger partial charge in [-0.2, -0.15) is 5.10 Å². The van der Waals surface area contributed by atoms with Gasteiger partial charge in [-0.1, -0.05) is 30.3 Å². The topological polar surface area (TPSA) is 85.2 Å². The monoisotopic (exact) mass is 378 g/mol. The lowest BCUT2D eigenvalue weighted by molar-refractivity contribution is 0.102. The molecule has 28 heavy (non-hydrogen) atoms. The summed E-state index contributed by atoms with van der Waals surface area (Å²) >= 11 is 0. The predicted octanol–water partition coefficient (Wildman–Crippen LogP) is 3.60. The van der Waals surface area contributed by atoms with Crippen LogP contribution in [0.2, 0.25) is 0 Å². The molecule has 0 spiro atoms. The highest BCUT2D eigenvalue weighted by atomic mass is 16.5. The summed E-state index contributed by atoms with van der Waals surface area (Å²) in [6.45, 7) is 4.05. The normalized spacial score (nSPS) is 10.4. The standard InChI is InChI=1S/C21H22N4O3/c1-14-19(15(2)25(24-14)18-7-5-4-6-8-18)20(26)23-17-11-9-16(10-12-17)13-22-21(27)28-3/h4-12H,13H2,1-3H3,(H,22,27)(H,23,26). The number of para-hydroxylation sites is 1. The molecular formula is C21H22N4O3. The first-order valence-electron chi connectivity index (χ1n) is 8.83. The predicted molar refractivity (Wildman–Crippen MR) is 107 cm³/mol. The number of aryl methyl sites for hydroxylation is 1. The number of alkyl carbamates (subject to hydrolysis) is 1. The number of rotatable bonds is 5. The van der Waals surface area contributed by atoms with Gasteiger partial charge in [-0.3, -0.25) is 4.79 Å². The van der Waals surface area contributed by atoms with Crippen molar-refractivity contribution in [2.45, 2.75) is 20.4 Å². The molecule has 0 atom stereocenters. The zero-order valence-corrected chi connectivity index (χ0v) is 16.0. The van der Waals surface area contributed by atoms with Gasteiger partial charge in [0.15, 0.2) is 0 Å². The number of ether oxygens (including phenoxy) is 1. The fourth-order valence-corrected chi connectivity index (χ4v) is 2.94. The van der Waals surface area contributed by atoms with E-state index in [-0.39, 0.29) is 5.91 Å². The van der Waals surface area contributed by atoms with Crippen LogP contribution in [0.5, 0.6) is 0 Å². The first kappa shape index (κ1) is 19.2. The lowest BCUT2D eigenvalue weighted by atomic mass is 10.1. The minimum absolute atomic E-state index is 0.211. The van der Waals surface area contributed by atoms with Gasteiger partial charge in [-0.05, 0) is 43.7 Å². The second-order valence-corrected chi connectivity index (χ2v) is 6.29. The van der Waals surface area contributed by atoms with Crippen LogP contribution in [0.1, 0.15) is 27.3 Å². The maximum atomic E-state index is 12.8. The number of hydrogen-bond acceptors (Lipinski definition) is 4. The highest BCUT2D eigenvalue weighted by molar-refractivity contribution is 6.05. The van der Waals surface area contributed by atoms with E-state index in [1.807, 2.05) is 56.3 Å². The molecule has 0 aliphatic heterocycles. The molecule has 1 aromatic heterocycles. The third-order valence-corrected chi connectivity index (χ3v) is 4.35. The van der Waals surface area contributed by atoms with Crippen LogP contribution in [0.15, 0.2) is 54.6 Å². The average Bonchev–Trinajstić information content (AvgIpc) is 3.02. The molecule has 0 saturated carbocycles. The van der Waals surface area contributed by atoms with Crippen molar-refractivity contribution in [1.29, 1.82) is 0 Å². The number of carbonyl (C=O) groups is 2. The molecule has 7 heteroatoms. The summed E-state index contributed by atoms with van der Waals surface area (Å²) in [6.07, 6.45) is -0.487. The van der Waals surface area contributed by atoms with Crippen LogP contribution in [0.3, 0.4) is 0 Å². The number of nitrogens with zero attached hydrogens (tertiary/aromatic N) is 2. The molecule has 0 radical (unpaired) electrons. The van der Waals surface area contributed by atoms with E-state index in [1.54, 1.807) is 16.8 Å². The molecule has 1 heterocycles. The lowest BCUT2D eigenvalue weighted by Crippen LogP contribution is -2.22. The van der Waals surface area contributed by atoms with Gasteiger partial charge in [-0.15, -0.1) is 0 Å². The van der Waals surface area contributed by atoms with Crippen LogP contribution in [0.25, 0.3) is 5.69 Å². The van der Waals surface area contributed by atoms with Crippen molar-refractivity contribution in [1.82, 2.24) is 15.1 Å². The molecule has 0 fully saturated rings. The Bertz CT molecular complexity index is 979. The Kier molecular flexibility index (Phi) is 5.74. The van der Waals surface area contributed by atoms with Gasteiger partial charge >= 0.3 is 6.09 Å². The molecule has 3 aromatic rings. The van der Waals surface area contributed by atoms with E-state index < -0.39 is 6.09 Å². The molecule has 2 aromatic carbocycles. The Morgan fingerprint density at radius 1 is 1.04 bits per heavy atom. The van der Waals surface area contributed by atoms with Gasteiger partial charge in [0.25, 0.3) is 5.91 Å². The Hall–Kier alpha value is -3.61. The number of nitrogens with one attached hydrogen (secondary N) is 2. The molecule has 7 nitrogen and oxygen atoms in total. The van der Waals surface area contributed by atoms with Gasteiger partial charge in [0.2, 0.25) is 0 Å². The second kappa shape index (κ2) is 8.39. The SMILES string of the molecule is COC(=O)NCc1ccc(NC(=O)c2c(C)nn(-c3ccccc3)c2C)cc1. The fourth-order valence-electron chi connectivity index (χ4n) is 2.94. The molecule has 0 aliphatic rings. The summed E-state index contributed by atoms with van der Waals surface area (Å²) in [7, 11) is 1.32. The average molecular weight is 378 g/mol. The minimum atomic E-state index is -0.487. The van der Waals surface area contributed by atoms with Gasteiger partial charge < -0.3 is 15.4 Å². The molecule has 2 N–H and O–H groups in total. The number of benzene rings is 2. The van der Waals surface area contributed by atoms with Crippen molar-refractivity contribution in [3.05, 3.63) is 77.1 Å². The first-order chi connectivity index (χ1) is 13.5. The number of amides is 2. The van der Waals surface area contributed by atoms with E-state index in [2.05, 4.69) is 20.5 Å². The van der Waals surface area contributed by atoms with Gasteiger partial charge in [0.1, 0.15) is 0 Å². The Labute approximate surface area is 163 Å². The molecule has 3 rings (SSSR count). The first-order valence-corrected chi connectivity index (χ1v) is 8.83. The van der Waals surface area contributed by atoms with Crippen LogP contribution in [-0.2, 0) is 11.3 Å². The Morgan fingerprint density at radius 2 is 1.71 bits per heavy atom. The van der Waals surface area contributed by atoms with Gasteiger partial charge in [0.05, 0.1) is 29.7 Å². The fraction of sp³-hybridized carbons (Fsp3) is 0.190. The van der Waals surface area contributed by atoms with Crippen LogP contribution < -0.4 is 10.6 Å². The van der Waals surface area contributed by atoms with E-state index in [0.29, 0.717) is 23.5 Å². The van der Waals surface area contributed by atoms with Crippen LogP contribution in [-0.4, -0.2) is 28.9 Å². The number of methoxy groups -OCH3 is 1. The molecule has 0 saturated heterocycles. The van der Waals surface area contributed by atoms with E-state index in [4.69, 9.17) is 0 Å². The van der Waals surface area contributed by atoms with Crippen molar-refractivity contribution in [2.24, 2.45) is 0 Å². The van der Waals surface area contributed by atoms with Crippen molar-refractivity contribution < 1.29 is 14.3 Å². The highest BCUT2D eigenvalue weighted by Gasteiger charge is 2.19. The second-order valence-electron chi connectivity index (χ2n) is 6.29. The molecule has 0 bridgehead atoms. The summed E-state index contributed by atoms with van der Waals surface area (Å²) < 4.78 is 6.31. The lowest BCUT2D eigenvalue weighted by Gasteiger charge is -2.08. The minimum Gasteiger partial charge on any atom is -0.453 e. The molecule has 0 aliphatic carbocycles. The summed E-state index contributed by atoms with van der Waals surface area (Å²) in [4.78, 5) is 23.9. The van der Waals surface area contributed by atoms with Crippen molar-refractivity contribution >= 4 is 17.7 Å². The van der Waals surface area contributed by atoms with Crippen LogP contribution in [0.4, 0.5) is 10.5 Å². The molecular weight excluding hydrogens is 356 g/mol. The summed E-state index contributed by atoms with van der Waals surface area (Å²) in [5, 5.41) is 10.0. The van der Waals surface area contributed by atoms with E-state index in [0.717, 1.165) is 16.9 Å². The summed E-state index contributed by atoms with van der Waals surface area (Å²) in [5.41, 5.74) is 4.47. The number of aromatic nitrogens is 2. The molecule has 2 amide bonds. The smallest absolute Gasteiger partial charge is 0.407 e. The van der Waals surface area contributed by atoms with E-state index in [9.17, 15) is 9.59 Å². The van der Waals surface area contributed by atoms with Crippen molar-refractivity contribution in [3.63, 3.8) is 0 Å². The van der Waals surface area contributed by atoms with Crippen LogP contribution in [0, 0.1) is 13.8 Å². The third kappa shape index (κ3) is 4.20. The maximum absolute atomic E-state index is 12.8. The molecule has 144 valence electrons. The van der Waals surface area contributed by atoms with E-state index >= 15 is 0 Å². The molecule has 0 unspecified atom stereocenters. The quantitative estimate of drug-likeness (QED) is 0.710. The number of carbonyl (C=O) groups excluding carboxylic acids is 2. The van der Waals surface area contributed by atoms with Crippen LogP contribution >= 0.6 is 0 Å². The Morgan fingerprint density at radius 3 is 2.36 bits per heavy atom. The Balaban J connectivity index is 1.73. The number of anilines is 1. The highest BCUT2D eigenvalue weighted by Crippen LogP contribution is 2.19. The zero-order valence-electron chi connectivity index (χ0n) is 16.0. The van der Waals surface area contributed by atoms with Crippen molar-refractivity contribution in [3.8, 4) is 5.69 Å². The van der Waals surface area contributed by atoms with E-state index in [1.165, 1.54) is 7.11 Å². The number of hydrogen-bond donors (Lipinski definition) is 2. The van der Waals surface area contributed by atoms with Gasteiger partial charge in [0, 0.05) is 12.2 Å². The van der Waals surface area contributed by atoms with Gasteiger partial charge in [-0.25, -0.2) is 9.48 Å². The maximum Gasteiger partial charge on any atom is 0.407 e. The third-order valence-electron chi connectivity index (χ3n) is 4.35. The van der Waals surface area contributed by atoms with Crippen molar-refractivity contribution in [2.75, 3.05) is 12.4 Å². The zero-order chi connectivity index (χ0) is 20.1.